The van der Waals surface area contributed by atoms with Crippen LogP contribution in [0.5, 0.6) is 5.75 Å². The van der Waals surface area contributed by atoms with Crippen LogP contribution in [0.1, 0.15) is 38.1 Å². The number of nitrogens with zero attached hydrogens (tertiary/aromatic N) is 1. The number of hydrogen-bond donors (Lipinski definition) is 0. The molecule has 1 heterocycles. The lowest BCUT2D eigenvalue weighted by Gasteiger charge is -2.43. The molecule has 1 saturated heterocycles. The van der Waals surface area contributed by atoms with Crippen LogP contribution < -0.4 is 4.74 Å². The maximum Gasteiger partial charge on any atom is 0.303 e. The second-order valence-electron chi connectivity index (χ2n) is 6.85. The van der Waals surface area contributed by atoms with Gasteiger partial charge in [-0.3, -0.25) is 24.5 Å². The molecule has 1 fully saturated rings. The van der Waals surface area contributed by atoms with E-state index in [-0.39, 0.29) is 35.4 Å². The summed E-state index contributed by atoms with van der Waals surface area (Å²) in [5.74, 6) is -1.33. The molecule has 0 N–H and O–H groups in total. The Kier molecular flexibility index (Phi) is 7.27. The third-order valence-electron chi connectivity index (χ3n) is 4.84. The smallest absolute Gasteiger partial charge is 0.303 e. The van der Waals surface area contributed by atoms with Gasteiger partial charge in [-0.15, -0.1) is 0 Å². The predicted octanol–water partition coefficient (Wildman–Crippen LogP) is 2.28. The van der Waals surface area contributed by atoms with Crippen LogP contribution in [0.4, 0.5) is 5.69 Å². The quantitative estimate of drug-likeness (QED) is 0.288. The zero-order chi connectivity index (χ0) is 21.7. The molecule has 29 heavy (non-hydrogen) atoms. The molecule has 158 valence electrons. The number of nitro benzene ring substituents is 1. The Labute approximate surface area is 167 Å². The van der Waals surface area contributed by atoms with Gasteiger partial charge in [0, 0.05) is 31.9 Å². The van der Waals surface area contributed by atoms with E-state index in [9.17, 15) is 24.5 Å². The van der Waals surface area contributed by atoms with Gasteiger partial charge in [0.2, 0.25) is 6.29 Å². The fourth-order valence-corrected chi connectivity index (χ4v) is 3.07. The number of ether oxygens (including phenoxy) is 4. The molecule has 0 aromatic heterocycles. The lowest BCUT2D eigenvalue weighted by atomic mass is 9.83. The highest BCUT2D eigenvalue weighted by Gasteiger charge is 2.45. The molecule has 1 aliphatic heterocycles. The van der Waals surface area contributed by atoms with Gasteiger partial charge >= 0.3 is 11.9 Å². The minimum Gasteiger partial charge on any atom is -0.463 e. The molecule has 0 aliphatic carbocycles. The number of rotatable bonds is 7. The summed E-state index contributed by atoms with van der Waals surface area (Å²) in [6.45, 7) is 6.22. The second-order valence-corrected chi connectivity index (χ2v) is 6.85. The van der Waals surface area contributed by atoms with Gasteiger partial charge in [0.05, 0.1) is 16.6 Å². The maximum absolute atomic E-state index is 11.6. The zero-order valence-corrected chi connectivity index (χ0v) is 16.5. The number of carbonyl (C=O) groups is 3. The van der Waals surface area contributed by atoms with Crippen molar-refractivity contribution < 1.29 is 38.3 Å². The van der Waals surface area contributed by atoms with E-state index in [0.717, 1.165) is 6.07 Å². The Morgan fingerprint density at radius 3 is 2.45 bits per heavy atom. The zero-order valence-electron chi connectivity index (χ0n) is 16.5. The highest BCUT2D eigenvalue weighted by molar-refractivity contribution is 5.80. The van der Waals surface area contributed by atoms with Crippen molar-refractivity contribution in [2.75, 3.05) is 6.61 Å². The first-order valence-electron chi connectivity index (χ1n) is 9.00. The largest absolute Gasteiger partial charge is 0.463 e. The van der Waals surface area contributed by atoms with E-state index in [2.05, 4.69) is 0 Å². The minimum absolute atomic E-state index is 0.0196. The molecule has 5 atom stereocenters. The van der Waals surface area contributed by atoms with E-state index in [1.165, 1.54) is 26.0 Å². The average Bonchev–Trinajstić information content (AvgIpc) is 2.66. The molecule has 2 rings (SSSR count). The monoisotopic (exact) mass is 409 g/mol. The van der Waals surface area contributed by atoms with Gasteiger partial charge in [0.25, 0.3) is 5.69 Å². The van der Waals surface area contributed by atoms with Crippen molar-refractivity contribution in [3.05, 3.63) is 33.9 Å². The van der Waals surface area contributed by atoms with Crippen molar-refractivity contribution in [3.63, 3.8) is 0 Å². The molecule has 1 aliphatic rings. The van der Waals surface area contributed by atoms with Crippen molar-refractivity contribution in [1.82, 2.24) is 0 Å². The van der Waals surface area contributed by atoms with Crippen molar-refractivity contribution in [2.24, 2.45) is 11.8 Å². The molecular formula is C19H23NO9. The Morgan fingerprint density at radius 1 is 1.21 bits per heavy atom. The van der Waals surface area contributed by atoms with E-state index in [0.29, 0.717) is 6.29 Å². The number of hydrogen-bond acceptors (Lipinski definition) is 9. The van der Waals surface area contributed by atoms with Gasteiger partial charge in [0.1, 0.15) is 12.4 Å². The number of esters is 2. The van der Waals surface area contributed by atoms with E-state index in [4.69, 9.17) is 18.9 Å². The van der Waals surface area contributed by atoms with Crippen molar-refractivity contribution in [1.29, 1.82) is 0 Å². The molecule has 1 aromatic carbocycles. The summed E-state index contributed by atoms with van der Waals surface area (Å²) >= 11 is 0. The summed E-state index contributed by atoms with van der Waals surface area (Å²) in [6, 6.07) is 3.54. The minimum atomic E-state index is -1.11. The fourth-order valence-electron chi connectivity index (χ4n) is 3.07. The summed E-state index contributed by atoms with van der Waals surface area (Å²) in [7, 11) is 0. The molecule has 10 nitrogen and oxygen atoms in total. The van der Waals surface area contributed by atoms with E-state index in [1.807, 2.05) is 13.8 Å². The van der Waals surface area contributed by atoms with Crippen LogP contribution in [0, 0.1) is 22.0 Å². The first-order chi connectivity index (χ1) is 13.6. The van der Waals surface area contributed by atoms with Crippen LogP contribution in [0.25, 0.3) is 0 Å². The molecule has 2 unspecified atom stereocenters. The topological polar surface area (TPSA) is 131 Å². The number of benzene rings is 1. The first kappa shape index (κ1) is 22.3. The van der Waals surface area contributed by atoms with E-state index in [1.54, 1.807) is 0 Å². The highest BCUT2D eigenvalue weighted by Crippen LogP contribution is 2.35. The summed E-state index contributed by atoms with van der Waals surface area (Å²) in [5, 5.41) is 10.9. The van der Waals surface area contributed by atoms with Crippen molar-refractivity contribution >= 4 is 23.9 Å². The van der Waals surface area contributed by atoms with Gasteiger partial charge in [-0.1, -0.05) is 13.8 Å². The lowest BCUT2D eigenvalue weighted by molar-refractivity contribution is -0.384. The molecule has 0 amide bonds. The van der Waals surface area contributed by atoms with E-state index >= 15 is 0 Å². The number of nitro groups is 1. The van der Waals surface area contributed by atoms with Gasteiger partial charge in [0.15, 0.2) is 12.4 Å². The second kappa shape index (κ2) is 9.46. The summed E-state index contributed by atoms with van der Waals surface area (Å²) < 4.78 is 22.1. The maximum atomic E-state index is 11.6. The Balaban J connectivity index is 2.31. The molecule has 1 aromatic rings. The van der Waals surface area contributed by atoms with Gasteiger partial charge in [-0.2, -0.15) is 0 Å². The van der Waals surface area contributed by atoms with Crippen molar-refractivity contribution in [2.45, 2.75) is 46.2 Å². The van der Waals surface area contributed by atoms with Crippen molar-refractivity contribution in [3.8, 4) is 5.75 Å². The fraction of sp³-hybridized carbons (Fsp3) is 0.526. The standard InChI is InChI=1S/C19H23NO9/c1-10-11(2)18(27-13(4)23)19(29-17(10)9-26-12(3)22)28-16-6-5-15(20(24)25)7-14(16)8-21/h5-8,10-11,17-19H,9H2,1-4H3/t10-,11+,17?,18?,19-/m1/s1. The van der Waals surface area contributed by atoms with Crippen LogP contribution in [-0.2, 0) is 23.8 Å². The van der Waals surface area contributed by atoms with Crippen LogP contribution in [0.2, 0.25) is 0 Å². The molecule has 0 spiro atoms. The normalized spacial score (nSPS) is 26.3. The molecule has 0 bridgehead atoms. The summed E-state index contributed by atoms with van der Waals surface area (Å²) in [6.07, 6.45) is -2.02. The first-order valence-corrected chi connectivity index (χ1v) is 9.00. The Bertz CT molecular complexity index is 792. The third-order valence-corrected chi connectivity index (χ3v) is 4.84. The summed E-state index contributed by atoms with van der Waals surface area (Å²) in [4.78, 5) is 44.4. The van der Waals surface area contributed by atoms with E-state index < -0.39 is 35.4 Å². The molecule has 0 radical (unpaired) electrons. The van der Waals surface area contributed by atoms with Crippen LogP contribution in [0.15, 0.2) is 18.2 Å². The van der Waals surface area contributed by atoms with Gasteiger partial charge in [-0.25, -0.2) is 0 Å². The molecule has 0 saturated carbocycles. The summed E-state index contributed by atoms with van der Waals surface area (Å²) in [5.41, 5.74) is -0.317. The number of aldehydes is 1. The van der Waals surface area contributed by atoms with Crippen LogP contribution >= 0.6 is 0 Å². The number of non-ortho nitro benzene ring substituents is 1. The highest BCUT2D eigenvalue weighted by atomic mass is 16.7. The molecule has 10 heteroatoms. The Hall–Kier alpha value is -3.01. The van der Waals surface area contributed by atoms with Crippen LogP contribution in [0.3, 0.4) is 0 Å². The lowest BCUT2D eigenvalue weighted by Crippen LogP contribution is -2.54. The predicted molar refractivity (Wildman–Crippen MR) is 98.3 cm³/mol. The SMILES string of the molecule is CC(=O)OCC1O[C@@H](Oc2ccc([N+](=O)[O-])cc2C=O)C(OC(C)=O)[C@@H](C)[C@H]1C. The Morgan fingerprint density at radius 2 is 1.90 bits per heavy atom. The van der Waals surface area contributed by atoms with Gasteiger partial charge in [-0.05, 0) is 12.0 Å². The average molecular weight is 409 g/mol. The van der Waals surface area contributed by atoms with Crippen LogP contribution in [-0.4, -0.2) is 48.3 Å². The third kappa shape index (κ3) is 5.50. The van der Waals surface area contributed by atoms with Gasteiger partial charge < -0.3 is 18.9 Å². The molecular weight excluding hydrogens is 386 g/mol. The number of carbonyl (C=O) groups excluding carboxylic acids is 3.